The predicted octanol–water partition coefficient (Wildman–Crippen LogP) is 3.60. The Labute approximate surface area is 194 Å². The molecule has 34 heavy (non-hydrogen) atoms. The van der Waals surface area contributed by atoms with Crippen molar-refractivity contribution in [1.29, 1.82) is 0 Å². The lowest BCUT2D eigenvalue weighted by molar-refractivity contribution is -0.136. The summed E-state index contributed by atoms with van der Waals surface area (Å²) in [6.07, 6.45) is 1.93. The molecule has 9 nitrogen and oxygen atoms in total. The fourth-order valence-corrected chi connectivity index (χ4v) is 3.99. The van der Waals surface area contributed by atoms with Gasteiger partial charge in [-0.1, -0.05) is 36.4 Å². The number of anilines is 1. The monoisotopic (exact) mass is 455 g/mol. The molecule has 0 aliphatic rings. The minimum Gasteiger partial charge on any atom is -0.497 e. The second-order valence-corrected chi connectivity index (χ2v) is 7.72. The maximum absolute atomic E-state index is 12.7. The topological polar surface area (TPSA) is 122 Å². The number of rotatable bonds is 6. The van der Waals surface area contributed by atoms with E-state index in [1.54, 1.807) is 25.3 Å². The standard InChI is InChI=1S/C25H21N5O4/c1-33-16-11-9-15(10-12-16)18(19-14-26-20-6-3-2-5-17(19)20)13-27-24(31)25(32)28-21-7-4-8-22-23(21)30-34-29-22/h2-12,14,18,26H,13H2,1H3,(H,27,31)(H,28,32)/t18-/m1/s1. The van der Waals surface area contributed by atoms with Crippen LogP contribution in [-0.2, 0) is 9.59 Å². The number of carbonyl (C=O) groups excluding carboxylic acids is 2. The van der Waals surface area contributed by atoms with Crippen molar-refractivity contribution in [3.8, 4) is 5.75 Å². The fraction of sp³-hybridized carbons (Fsp3) is 0.120. The van der Waals surface area contributed by atoms with Crippen molar-refractivity contribution in [2.24, 2.45) is 0 Å². The summed E-state index contributed by atoms with van der Waals surface area (Å²) in [6.45, 7) is 0.218. The first-order chi connectivity index (χ1) is 16.6. The van der Waals surface area contributed by atoms with Gasteiger partial charge in [0.15, 0.2) is 5.52 Å². The van der Waals surface area contributed by atoms with Gasteiger partial charge in [-0.3, -0.25) is 9.59 Å². The minimum absolute atomic E-state index is 0.193. The lowest BCUT2D eigenvalue weighted by Gasteiger charge is -2.18. The summed E-state index contributed by atoms with van der Waals surface area (Å²) in [6, 6.07) is 20.6. The summed E-state index contributed by atoms with van der Waals surface area (Å²) in [7, 11) is 1.61. The summed E-state index contributed by atoms with van der Waals surface area (Å²) in [5, 5.41) is 13.9. The van der Waals surface area contributed by atoms with Gasteiger partial charge in [-0.15, -0.1) is 0 Å². The van der Waals surface area contributed by atoms with Crippen molar-refractivity contribution in [1.82, 2.24) is 20.6 Å². The molecule has 2 amide bonds. The van der Waals surface area contributed by atoms with E-state index in [2.05, 4.69) is 25.9 Å². The molecule has 0 saturated carbocycles. The van der Waals surface area contributed by atoms with Crippen LogP contribution in [0.15, 0.2) is 77.6 Å². The van der Waals surface area contributed by atoms with Gasteiger partial charge in [-0.05, 0) is 51.8 Å². The van der Waals surface area contributed by atoms with Crippen LogP contribution in [0.25, 0.3) is 21.9 Å². The summed E-state index contributed by atoms with van der Waals surface area (Å²) in [4.78, 5) is 28.5. The molecule has 0 aliphatic heterocycles. The molecule has 0 bridgehead atoms. The van der Waals surface area contributed by atoms with E-state index in [4.69, 9.17) is 9.37 Å². The smallest absolute Gasteiger partial charge is 0.313 e. The number of hydrogen-bond donors (Lipinski definition) is 3. The summed E-state index contributed by atoms with van der Waals surface area (Å²) in [5.41, 5.74) is 4.19. The zero-order valence-corrected chi connectivity index (χ0v) is 18.2. The normalized spacial score (nSPS) is 11.9. The Balaban J connectivity index is 1.37. The Hall–Kier alpha value is -4.66. The van der Waals surface area contributed by atoms with E-state index < -0.39 is 11.8 Å². The van der Waals surface area contributed by atoms with Gasteiger partial charge in [0.25, 0.3) is 0 Å². The lowest BCUT2D eigenvalue weighted by Crippen LogP contribution is -2.37. The van der Waals surface area contributed by atoms with Gasteiger partial charge in [0.1, 0.15) is 11.3 Å². The SMILES string of the molecule is COc1ccc([C@@H](CNC(=O)C(=O)Nc2cccc3nonc23)c2c[nH]c3ccccc23)cc1. The van der Waals surface area contributed by atoms with E-state index in [1.807, 2.05) is 54.7 Å². The molecule has 3 aromatic carbocycles. The molecule has 5 rings (SSSR count). The van der Waals surface area contributed by atoms with Crippen LogP contribution in [0.3, 0.4) is 0 Å². The third-order valence-corrected chi connectivity index (χ3v) is 5.72. The number of carbonyl (C=O) groups is 2. The van der Waals surface area contributed by atoms with Crippen LogP contribution in [-0.4, -0.2) is 40.8 Å². The maximum Gasteiger partial charge on any atom is 0.313 e. The molecule has 2 aromatic heterocycles. The number of amides is 2. The maximum atomic E-state index is 12.7. The number of hydrogen-bond acceptors (Lipinski definition) is 6. The Morgan fingerprint density at radius 3 is 2.65 bits per heavy atom. The first kappa shape index (κ1) is 21.2. The fourth-order valence-electron chi connectivity index (χ4n) is 3.99. The van der Waals surface area contributed by atoms with Crippen molar-refractivity contribution in [3.63, 3.8) is 0 Å². The molecule has 3 N–H and O–H groups in total. The molecule has 0 spiro atoms. The number of nitrogens with zero attached hydrogens (tertiary/aromatic N) is 2. The average Bonchev–Trinajstić information content (AvgIpc) is 3.52. The largest absolute Gasteiger partial charge is 0.497 e. The molecular formula is C25H21N5O4. The molecule has 170 valence electrons. The number of H-pyrrole nitrogens is 1. The first-order valence-electron chi connectivity index (χ1n) is 10.6. The summed E-state index contributed by atoms with van der Waals surface area (Å²) in [5.74, 6) is -1.02. The van der Waals surface area contributed by atoms with E-state index in [-0.39, 0.29) is 12.5 Å². The van der Waals surface area contributed by atoms with Crippen molar-refractivity contribution in [2.45, 2.75) is 5.92 Å². The van der Waals surface area contributed by atoms with E-state index >= 15 is 0 Å². The number of benzene rings is 3. The highest BCUT2D eigenvalue weighted by Gasteiger charge is 2.22. The van der Waals surface area contributed by atoms with Gasteiger partial charge >= 0.3 is 11.8 Å². The van der Waals surface area contributed by atoms with Crippen LogP contribution in [0.2, 0.25) is 0 Å². The third-order valence-electron chi connectivity index (χ3n) is 5.72. The van der Waals surface area contributed by atoms with Crippen molar-refractivity contribution in [3.05, 3.63) is 84.1 Å². The zero-order valence-electron chi connectivity index (χ0n) is 18.2. The van der Waals surface area contributed by atoms with E-state index in [0.29, 0.717) is 16.7 Å². The molecule has 9 heteroatoms. The van der Waals surface area contributed by atoms with E-state index in [0.717, 1.165) is 27.8 Å². The molecule has 0 aliphatic carbocycles. The number of nitrogens with one attached hydrogen (secondary N) is 3. The van der Waals surface area contributed by atoms with E-state index in [9.17, 15) is 9.59 Å². The van der Waals surface area contributed by atoms with Crippen molar-refractivity contribution >= 4 is 39.4 Å². The molecular weight excluding hydrogens is 434 g/mol. The Kier molecular flexibility index (Phi) is 5.65. The molecule has 0 fully saturated rings. The second-order valence-electron chi connectivity index (χ2n) is 7.72. The number of fused-ring (bicyclic) bond motifs is 2. The van der Waals surface area contributed by atoms with Gasteiger partial charge in [0.2, 0.25) is 0 Å². The van der Waals surface area contributed by atoms with E-state index in [1.165, 1.54) is 0 Å². The Bertz CT molecular complexity index is 1470. The minimum atomic E-state index is -0.803. The number of aromatic nitrogens is 3. The van der Waals surface area contributed by atoms with Crippen molar-refractivity contribution in [2.75, 3.05) is 19.0 Å². The van der Waals surface area contributed by atoms with Gasteiger partial charge in [0, 0.05) is 29.6 Å². The van der Waals surface area contributed by atoms with Crippen molar-refractivity contribution < 1.29 is 19.0 Å². The van der Waals surface area contributed by atoms with Crippen LogP contribution in [0.1, 0.15) is 17.0 Å². The summed E-state index contributed by atoms with van der Waals surface area (Å²) >= 11 is 0. The van der Waals surface area contributed by atoms with Crippen LogP contribution in [0, 0.1) is 0 Å². The molecule has 0 unspecified atom stereocenters. The molecule has 5 aromatic rings. The number of ether oxygens (including phenoxy) is 1. The van der Waals surface area contributed by atoms with Crippen LogP contribution in [0.5, 0.6) is 5.75 Å². The molecule has 2 heterocycles. The number of aromatic amines is 1. The molecule has 0 radical (unpaired) electrons. The third kappa shape index (κ3) is 4.06. The highest BCUT2D eigenvalue weighted by atomic mass is 16.6. The highest BCUT2D eigenvalue weighted by molar-refractivity contribution is 6.40. The van der Waals surface area contributed by atoms with Gasteiger partial charge in [0.05, 0.1) is 12.8 Å². The zero-order chi connectivity index (χ0) is 23.5. The second kappa shape index (κ2) is 9.07. The highest BCUT2D eigenvalue weighted by Crippen LogP contribution is 2.31. The Morgan fingerprint density at radius 2 is 1.82 bits per heavy atom. The Morgan fingerprint density at radius 1 is 1.00 bits per heavy atom. The molecule has 1 atom stereocenters. The van der Waals surface area contributed by atoms with Gasteiger partial charge in [-0.2, -0.15) is 0 Å². The van der Waals surface area contributed by atoms with Crippen LogP contribution >= 0.6 is 0 Å². The first-order valence-corrected chi connectivity index (χ1v) is 10.6. The number of methoxy groups -OCH3 is 1. The predicted molar refractivity (Wildman–Crippen MR) is 127 cm³/mol. The van der Waals surface area contributed by atoms with Crippen LogP contribution < -0.4 is 15.4 Å². The molecule has 0 saturated heterocycles. The van der Waals surface area contributed by atoms with Gasteiger partial charge in [-0.25, -0.2) is 4.63 Å². The average molecular weight is 455 g/mol. The number of para-hydroxylation sites is 1. The summed E-state index contributed by atoms with van der Waals surface area (Å²) < 4.78 is 9.98. The quantitative estimate of drug-likeness (QED) is 0.336. The van der Waals surface area contributed by atoms with Gasteiger partial charge < -0.3 is 20.4 Å². The van der Waals surface area contributed by atoms with Crippen LogP contribution in [0.4, 0.5) is 5.69 Å². The lowest BCUT2D eigenvalue weighted by atomic mass is 9.90.